The number of ether oxygens (including phenoxy) is 1. The molecule has 0 saturated carbocycles. The minimum Gasteiger partial charge on any atom is -0.463 e. The molecule has 1 aliphatic rings. The van der Waals surface area contributed by atoms with Crippen molar-refractivity contribution in [3.05, 3.63) is 45.3 Å². The number of allylic oxidation sites excluding steroid dienone is 1. The predicted molar refractivity (Wildman–Crippen MR) is 82.9 cm³/mol. The average Bonchev–Trinajstić information content (AvgIpc) is 2.49. The highest BCUT2D eigenvalue weighted by molar-refractivity contribution is 9.10. The van der Waals surface area contributed by atoms with Gasteiger partial charge in [0.15, 0.2) is 0 Å². The summed E-state index contributed by atoms with van der Waals surface area (Å²) in [5.74, 6) is -1.08. The Bertz CT molecular complexity index is 651. The Hall–Kier alpha value is -1.60. The summed E-state index contributed by atoms with van der Waals surface area (Å²) < 4.78 is 18.6. The summed E-state index contributed by atoms with van der Waals surface area (Å²) >= 11 is 8.90. The molecule has 2 rings (SSSR count). The Morgan fingerprint density at radius 2 is 2.23 bits per heavy atom. The van der Waals surface area contributed by atoms with Crippen LogP contribution < -0.4 is 10.6 Å². The van der Waals surface area contributed by atoms with Gasteiger partial charge in [0, 0.05) is 5.70 Å². The zero-order valence-electron chi connectivity index (χ0n) is 11.6. The van der Waals surface area contributed by atoms with Crippen molar-refractivity contribution in [3.8, 4) is 0 Å². The molecule has 1 unspecified atom stereocenters. The molecule has 0 fully saturated rings. The largest absolute Gasteiger partial charge is 0.463 e. The van der Waals surface area contributed by atoms with E-state index in [1.54, 1.807) is 6.92 Å². The van der Waals surface area contributed by atoms with E-state index in [0.29, 0.717) is 5.56 Å². The van der Waals surface area contributed by atoms with E-state index >= 15 is 0 Å². The van der Waals surface area contributed by atoms with Crippen molar-refractivity contribution in [1.82, 2.24) is 10.6 Å². The molecule has 1 heterocycles. The third-order valence-corrected chi connectivity index (χ3v) is 3.93. The molecule has 1 atom stereocenters. The number of amides is 2. The minimum absolute atomic E-state index is 0.0551. The first-order valence-electron chi connectivity index (χ1n) is 6.46. The fraction of sp³-hybridized carbons (Fsp3) is 0.286. The van der Waals surface area contributed by atoms with Crippen molar-refractivity contribution in [3.63, 3.8) is 0 Å². The number of esters is 1. The lowest BCUT2D eigenvalue weighted by molar-refractivity contribution is -0.139. The van der Waals surface area contributed by atoms with Gasteiger partial charge in [0.2, 0.25) is 0 Å². The van der Waals surface area contributed by atoms with Crippen molar-refractivity contribution in [2.45, 2.75) is 13.0 Å². The van der Waals surface area contributed by atoms with E-state index in [-0.39, 0.29) is 28.2 Å². The van der Waals surface area contributed by atoms with E-state index < -0.39 is 23.9 Å². The Morgan fingerprint density at radius 3 is 2.82 bits per heavy atom. The second kappa shape index (κ2) is 7.11. The van der Waals surface area contributed by atoms with Gasteiger partial charge < -0.3 is 15.4 Å². The van der Waals surface area contributed by atoms with Crippen LogP contribution in [0.4, 0.5) is 9.18 Å². The fourth-order valence-electron chi connectivity index (χ4n) is 2.12. The van der Waals surface area contributed by atoms with Crippen LogP contribution in [0.3, 0.4) is 0 Å². The Balaban J connectivity index is 2.51. The molecular formula is C14H13BrClFN2O3. The van der Waals surface area contributed by atoms with Crippen molar-refractivity contribution >= 4 is 39.5 Å². The van der Waals surface area contributed by atoms with Gasteiger partial charge in [-0.25, -0.2) is 14.0 Å². The van der Waals surface area contributed by atoms with E-state index in [9.17, 15) is 14.0 Å². The van der Waals surface area contributed by atoms with E-state index in [1.165, 1.54) is 18.2 Å². The molecule has 0 bridgehead atoms. The third kappa shape index (κ3) is 3.41. The SMILES string of the molecule is CCOC(=O)C1=C(CCl)NC(=O)NC1c1ccc(F)c(Br)c1. The first kappa shape index (κ1) is 16.8. The average molecular weight is 392 g/mol. The highest BCUT2D eigenvalue weighted by Gasteiger charge is 2.33. The number of hydrogen-bond acceptors (Lipinski definition) is 3. The van der Waals surface area contributed by atoms with E-state index in [4.69, 9.17) is 16.3 Å². The molecule has 0 spiro atoms. The van der Waals surface area contributed by atoms with Crippen LogP contribution in [-0.2, 0) is 9.53 Å². The van der Waals surface area contributed by atoms with Gasteiger partial charge in [-0.2, -0.15) is 0 Å². The maximum absolute atomic E-state index is 13.4. The number of urea groups is 1. The lowest BCUT2D eigenvalue weighted by Gasteiger charge is -2.28. The van der Waals surface area contributed by atoms with Gasteiger partial charge >= 0.3 is 12.0 Å². The van der Waals surface area contributed by atoms with Crippen LogP contribution in [-0.4, -0.2) is 24.5 Å². The van der Waals surface area contributed by atoms with Crippen LogP contribution in [0.2, 0.25) is 0 Å². The normalized spacial score (nSPS) is 17.8. The van der Waals surface area contributed by atoms with Gasteiger partial charge in [-0.15, -0.1) is 11.6 Å². The zero-order chi connectivity index (χ0) is 16.3. The Morgan fingerprint density at radius 1 is 1.50 bits per heavy atom. The first-order chi connectivity index (χ1) is 10.5. The Kier molecular flexibility index (Phi) is 5.42. The molecular weight excluding hydrogens is 379 g/mol. The van der Waals surface area contributed by atoms with Crippen molar-refractivity contribution in [2.24, 2.45) is 0 Å². The summed E-state index contributed by atoms with van der Waals surface area (Å²) in [5, 5.41) is 5.11. The summed E-state index contributed by atoms with van der Waals surface area (Å²) in [6.45, 7) is 1.86. The summed E-state index contributed by atoms with van der Waals surface area (Å²) in [4.78, 5) is 23.9. The number of nitrogens with one attached hydrogen (secondary N) is 2. The molecule has 22 heavy (non-hydrogen) atoms. The van der Waals surface area contributed by atoms with Crippen LogP contribution in [0.15, 0.2) is 33.9 Å². The number of benzene rings is 1. The quantitative estimate of drug-likeness (QED) is 0.612. The smallest absolute Gasteiger partial charge is 0.338 e. The summed E-state index contributed by atoms with van der Waals surface area (Å²) in [7, 11) is 0. The maximum Gasteiger partial charge on any atom is 0.338 e. The third-order valence-electron chi connectivity index (χ3n) is 3.06. The molecule has 1 aliphatic heterocycles. The van der Waals surface area contributed by atoms with Crippen LogP contribution in [0, 0.1) is 5.82 Å². The lowest BCUT2D eigenvalue weighted by atomic mass is 9.95. The van der Waals surface area contributed by atoms with Gasteiger partial charge in [0.25, 0.3) is 0 Å². The van der Waals surface area contributed by atoms with Crippen molar-refractivity contribution < 1.29 is 18.7 Å². The molecule has 0 aromatic heterocycles. The second-order valence-corrected chi connectivity index (χ2v) is 5.57. The number of hydrogen-bond donors (Lipinski definition) is 2. The monoisotopic (exact) mass is 390 g/mol. The molecule has 1 aromatic carbocycles. The van der Waals surface area contributed by atoms with Gasteiger partial charge in [0.1, 0.15) is 5.82 Å². The van der Waals surface area contributed by atoms with Crippen molar-refractivity contribution in [2.75, 3.05) is 12.5 Å². The first-order valence-corrected chi connectivity index (χ1v) is 7.79. The standard InChI is InChI=1S/C14H13BrClFN2O3/c1-2-22-13(20)11-10(6-16)18-14(21)19-12(11)7-3-4-9(17)8(15)5-7/h3-5,12H,2,6H2,1H3,(H2,18,19,21). The van der Waals surface area contributed by atoms with E-state index in [0.717, 1.165) is 0 Å². The molecule has 1 aromatic rings. The molecule has 118 valence electrons. The van der Waals surface area contributed by atoms with Crippen LogP contribution >= 0.6 is 27.5 Å². The number of carbonyl (C=O) groups excluding carboxylic acids is 2. The van der Waals surface area contributed by atoms with Crippen molar-refractivity contribution in [1.29, 1.82) is 0 Å². The van der Waals surface area contributed by atoms with Crippen LogP contribution in [0.1, 0.15) is 18.5 Å². The maximum atomic E-state index is 13.4. The Labute approximate surface area is 140 Å². The summed E-state index contributed by atoms with van der Waals surface area (Å²) in [6.07, 6.45) is 0. The van der Waals surface area contributed by atoms with Gasteiger partial charge in [0.05, 0.1) is 28.6 Å². The molecule has 2 amide bonds. The van der Waals surface area contributed by atoms with E-state index in [2.05, 4.69) is 26.6 Å². The molecule has 0 radical (unpaired) electrons. The molecule has 2 N–H and O–H groups in total. The highest BCUT2D eigenvalue weighted by Crippen LogP contribution is 2.30. The number of alkyl halides is 1. The van der Waals surface area contributed by atoms with E-state index in [1.807, 2.05) is 0 Å². The van der Waals surface area contributed by atoms with Crippen LogP contribution in [0.5, 0.6) is 0 Å². The zero-order valence-corrected chi connectivity index (χ0v) is 13.9. The number of halogens is 3. The summed E-state index contributed by atoms with van der Waals surface area (Å²) in [5.41, 5.74) is 1.01. The predicted octanol–water partition coefficient (Wildman–Crippen LogP) is 3.00. The molecule has 8 heteroatoms. The molecule has 0 aliphatic carbocycles. The highest BCUT2D eigenvalue weighted by atomic mass is 79.9. The summed E-state index contributed by atoms with van der Waals surface area (Å²) in [6, 6.07) is 2.97. The number of carbonyl (C=O) groups is 2. The fourth-order valence-corrected chi connectivity index (χ4v) is 2.72. The van der Waals surface area contributed by atoms with Gasteiger partial charge in [-0.1, -0.05) is 6.07 Å². The van der Waals surface area contributed by atoms with Crippen LogP contribution in [0.25, 0.3) is 0 Å². The van der Waals surface area contributed by atoms with Gasteiger partial charge in [-0.3, -0.25) is 0 Å². The van der Waals surface area contributed by atoms with Gasteiger partial charge in [-0.05, 0) is 40.5 Å². The topological polar surface area (TPSA) is 67.4 Å². The lowest BCUT2D eigenvalue weighted by Crippen LogP contribution is -2.46. The molecule has 0 saturated heterocycles. The second-order valence-electron chi connectivity index (χ2n) is 4.45. The number of rotatable bonds is 4. The molecule has 5 nitrogen and oxygen atoms in total. The minimum atomic E-state index is -0.765.